The third-order valence-electron chi connectivity index (χ3n) is 6.17. The van der Waals surface area contributed by atoms with E-state index in [0.717, 1.165) is 4.68 Å². The number of alkyl halides is 2. The normalized spacial score (nSPS) is 13.4. The average molecular weight is 533 g/mol. The average Bonchev–Trinajstić information content (AvgIpc) is 3.23. The van der Waals surface area contributed by atoms with Crippen molar-refractivity contribution in [2.45, 2.75) is 32.7 Å². The first-order chi connectivity index (χ1) is 18.6. The summed E-state index contributed by atoms with van der Waals surface area (Å²) in [6.45, 7) is 3.05. The number of benzene rings is 3. The van der Waals surface area contributed by atoms with E-state index in [2.05, 4.69) is 20.6 Å². The van der Waals surface area contributed by atoms with Crippen molar-refractivity contribution in [2.75, 3.05) is 12.0 Å². The number of aromatic nitrogens is 2. The second-order valence-electron chi connectivity index (χ2n) is 9.07. The molecule has 11 heteroatoms. The number of rotatable bonds is 6. The molecule has 0 spiro atoms. The first kappa shape index (κ1) is 25.7. The Balaban J connectivity index is 1.59. The highest BCUT2D eigenvalue weighted by Crippen LogP contribution is 2.43. The summed E-state index contributed by atoms with van der Waals surface area (Å²) < 4.78 is 42.4. The molecule has 0 aliphatic carbocycles. The van der Waals surface area contributed by atoms with Gasteiger partial charge in [0.25, 0.3) is 5.56 Å². The Labute approximate surface area is 221 Å². The van der Waals surface area contributed by atoms with Crippen LogP contribution in [0.4, 0.5) is 14.5 Å². The van der Waals surface area contributed by atoms with Gasteiger partial charge in [-0.25, -0.2) is 4.68 Å². The Morgan fingerprint density at radius 3 is 2.59 bits per heavy atom. The smallest absolute Gasteiger partial charge is 0.497 e. The fraction of sp³-hybridized carbons (Fsp3) is 0.214. The number of fused-ring (bicyclic) bond motifs is 2. The zero-order valence-corrected chi connectivity index (χ0v) is 21.1. The molecule has 198 valence electrons. The van der Waals surface area contributed by atoms with Crippen molar-refractivity contribution in [3.63, 3.8) is 0 Å². The van der Waals surface area contributed by atoms with Gasteiger partial charge >= 0.3 is 6.29 Å². The molecule has 0 N–H and O–H groups in total. The number of nitriles is 1. The number of methoxy groups -OCH3 is 1. The lowest BCUT2D eigenvalue weighted by atomic mass is 10.0. The van der Waals surface area contributed by atoms with Crippen molar-refractivity contribution in [2.24, 2.45) is 0 Å². The largest absolute Gasteiger partial charge is 0.586 e. The molecule has 0 fully saturated rings. The van der Waals surface area contributed by atoms with Crippen LogP contribution >= 0.6 is 0 Å². The quantitative estimate of drug-likeness (QED) is 0.354. The minimum atomic E-state index is -3.80. The second kappa shape index (κ2) is 9.72. The van der Waals surface area contributed by atoms with Gasteiger partial charge in [-0.3, -0.25) is 9.59 Å². The van der Waals surface area contributed by atoms with Crippen molar-refractivity contribution in [3.8, 4) is 34.6 Å². The number of ether oxygens (including phenoxy) is 3. The molecule has 2 heterocycles. The Kier molecular flexibility index (Phi) is 6.39. The number of amides is 1. The van der Waals surface area contributed by atoms with Crippen LogP contribution in [0.2, 0.25) is 0 Å². The fourth-order valence-electron chi connectivity index (χ4n) is 4.47. The van der Waals surface area contributed by atoms with Crippen LogP contribution in [0.3, 0.4) is 0 Å². The van der Waals surface area contributed by atoms with E-state index in [0.29, 0.717) is 28.0 Å². The molecule has 0 saturated carbocycles. The van der Waals surface area contributed by atoms with E-state index in [1.807, 2.05) is 0 Å². The van der Waals surface area contributed by atoms with E-state index in [1.165, 1.54) is 30.2 Å². The number of carbonyl (C=O) groups is 1. The van der Waals surface area contributed by atoms with Crippen LogP contribution in [0.1, 0.15) is 19.4 Å². The van der Waals surface area contributed by atoms with Crippen LogP contribution < -0.4 is 24.7 Å². The van der Waals surface area contributed by atoms with Crippen molar-refractivity contribution >= 4 is 22.4 Å². The molecule has 9 nitrogen and oxygen atoms in total. The van der Waals surface area contributed by atoms with Gasteiger partial charge in [-0.15, -0.1) is 8.78 Å². The maximum absolute atomic E-state index is 13.6. The zero-order chi connectivity index (χ0) is 27.9. The SMILES string of the molecule is COc1ccc2c(-c3cccc(C#N)c3)nn(CC(=O)N(c3ccc4c(c3)OC(F)(F)O4)C(C)C)c(=O)c2c1. The summed E-state index contributed by atoms with van der Waals surface area (Å²) in [4.78, 5) is 28.4. The van der Waals surface area contributed by atoms with Gasteiger partial charge in [0, 0.05) is 28.7 Å². The number of carbonyl (C=O) groups excluding carboxylic acids is 1. The highest BCUT2D eigenvalue weighted by atomic mass is 19.3. The van der Waals surface area contributed by atoms with E-state index in [4.69, 9.17) is 4.74 Å². The van der Waals surface area contributed by atoms with Gasteiger partial charge in [0.05, 0.1) is 29.8 Å². The number of anilines is 1. The fourth-order valence-corrected chi connectivity index (χ4v) is 4.47. The molecular formula is C28H22F2N4O5. The van der Waals surface area contributed by atoms with Crippen molar-refractivity contribution in [3.05, 3.63) is 76.6 Å². The maximum atomic E-state index is 13.6. The van der Waals surface area contributed by atoms with Gasteiger partial charge in [-0.1, -0.05) is 12.1 Å². The number of hydrogen-bond donors (Lipinski definition) is 0. The van der Waals surface area contributed by atoms with Crippen LogP contribution in [0.5, 0.6) is 17.2 Å². The lowest BCUT2D eigenvalue weighted by Gasteiger charge is -2.27. The first-order valence-electron chi connectivity index (χ1n) is 11.9. The predicted molar refractivity (Wildman–Crippen MR) is 138 cm³/mol. The Hall–Kier alpha value is -4.98. The van der Waals surface area contributed by atoms with Gasteiger partial charge < -0.3 is 19.1 Å². The van der Waals surface area contributed by atoms with Gasteiger partial charge in [0.15, 0.2) is 11.5 Å². The molecule has 1 aliphatic rings. The van der Waals surface area contributed by atoms with Crippen LogP contribution in [-0.4, -0.2) is 35.1 Å². The molecule has 1 aliphatic heterocycles. The molecule has 0 bridgehead atoms. The molecule has 3 aromatic carbocycles. The molecule has 0 saturated heterocycles. The Morgan fingerprint density at radius 1 is 1.10 bits per heavy atom. The number of hydrogen-bond acceptors (Lipinski definition) is 7. The third kappa shape index (κ3) is 4.84. The van der Waals surface area contributed by atoms with Crippen molar-refractivity contribution in [1.82, 2.24) is 9.78 Å². The second-order valence-corrected chi connectivity index (χ2v) is 9.07. The zero-order valence-electron chi connectivity index (χ0n) is 21.1. The monoisotopic (exact) mass is 532 g/mol. The summed E-state index contributed by atoms with van der Waals surface area (Å²) >= 11 is 0. The minimum Gasteiger partial charge on any atom is -0.497 e. The predicted octanol–water partition coefficient (Wildman–Crippen LogP) is 4.71. The van der Waals surface area contributed by atoms with E-state index < -0.39 is 30.3 Å². The Bertz CT molecular complexity index is 1710. The summed E-state index contributed by atoms with van der Waals surface area (Å²) in [6, 6.07) is 17.4. The summed E-state index contributed by atoms with van der Waals surface area (Å²) in [5.41, 5.74) is 1.16. The van der Waals surface area contributed by atoms with E-state index in [1.54, 1.807) is 56.3 Å². The topological polar surface area (TPSA) is 107 Å². The molecular weight excluding hydrogens is 510 g/mol. The van der Waals surface area contributed by atoms with Gasteiger partial charge in [-0.05, 0) is 56.3 Å². The molecule has 1 amide bonds. The van der Waals surface area contributed by atoms with E-state index >= 15 is 0 Å². The van der Waals surface area contributed by atoms with E-state index in [9.17, 15) is 23.6 Å². The first-order valence-corrected chi connectivity index (χ1v) is 11.9. The molecule has 0 atom stereocenters. The summed E-state index contributed by atoms with van der Waals surface area (Å²) in [6.07, 6.45) is -3.80. The number of nitrogens with zero attached hydrogens (tertiary/aromatic N) is 4. The molecule has 0 radical (unpaired) electrons. The highest BCUT2D eigenvalue weighted by Gasteiger charge is 2.43. The third-order valence-corrected chi connectivity index (χ3v) is 6.17. The van der Waals surface area contributed by atoms with Crippen molar-refractivity contribution in [1.29, 1.82) is 5.26 Å². The lowest BCUT2D eigenvalue weighted by molar-refractivity contribution is -0.286. The van der Waals surface area contributed by atoms with Crippen LogP contribution in [0, 0.1) is 11.3 Å². The lowest BCUT2D eigenvalue weighted by Crippen LogP contribution is -2.41. The molecule has 5 rings (SSSR count). The molecule has 1 aromatic heterocycles. The van der Waals surface area contributed by atoms with Crippen LogP contribution in [-0.2, 0) is 11.3 Å². The van der Waals surface area contributed by atoms with Crippen molar-refractivity contribution < 1.29 is 27.8 Å². The van der Waals surface area contributed by atoms with E-state index in [-0.39, 0.29) is 22.6 Å². The maximum Gasteiger partial charge on any atom is 0.586 e. The molecule has 4 aromatic rings. The standard InChI is InChI=1S/C28H22F2N4O5/c1-16(2)34(19-7-10-23-24(12-19)39-28(29,30)38-23)25(35)15-33-27(36)22-13-20(37-3)8-9-21(22)26(32-33)18-6-4-5-17(11-18)14-31/h4-13,16H,15H2,1-3H3. The van der Waals surface area contributed by atoms with Crippen LogP contribution in [0.25, 0.3) is 22.0 Å². The van der Waals surface area contributed by atoms with Gasteiger partial charge in [0.1, 0.15) is 12.3 Å². The minimum absolute atomic E-state index is 0.148. The summed E-state index contributed by atoms with van der Waals surface area (Å²) in [5, 5.41) is 14.7. The molecule has 0 unspecified atom stereocenters. The Morgan fingerprint density at radius 2 is 1.87 bits per heavy atom. The molecule has 39 heavy (non-hydrogen) atoms. The summed E-state index contributed by atoms with van der Waals surface area (Å²) in [7, 11) is 1.48. The van der Waals surface area contributed by atoms with Gasteiger partial charge in [0.2, 0.25) is 5.91 Å². The highest BCUT2D eigenvalue weighted by molar-refractivity contribution is 5.96. The van der Waals surface area contributed by atoms with Crippen LogP contribution in [0.15, 0.2) is 65.5 Å². The summed E-state index contributed by atoms with van der Waals surface area (Å²) in [5.74, 6) is -0.417. The van der Waals surface area contributed by atoms with Gasteiger partial charge in [-0.2, -0.15) is 10.4 Å². The number of halogens is 2.